The molecule has 7 nitrogen and oxygen atoms in total. The number of likely N-dealkylation sites (N-methyl/N-ethyl adjacent to an activating group) is 1. The maximum Gasteiger partial charge on any atom is 0.130 e. The van der Waals surface area contributed by atoms with Crippen LogP contribution in [0.2, 0.25) is 0 Å². The molecule has 160 valence electrons. The first-order valence-corrected chi connectivity index (χ1v) is 10.6. The molecule has 0 atom stereocenters. The number of aliphatic imine (C=N–C) groups is 1. The van der Waals surface area contributed by atoms with Crippen molar-refractivity contribution in [3.05, 3.63) is 46.7 Å². The largest absolute Gasteiger partial charge is 0.402 e. The SMILES string of the molecule is C/C(N)=C(/C=N)C(=Nc1ccc(N)c(C(=N)N2CCN(C)CC2)c1)C1=CCCCC1. The first-order valence-electron chi connectivity index (χ1n) is 10.6. The van der Waals surface area contributed by atoms with Crippen molar-refractivity contribution < 1.29 is 0 Å². The smallest absolute Gasteiger partial charge is 0.130 e. The number of nitrogens with two attached hydrogens (primary N) is 2. The van der Waals surface area contributed by atoms with Gasteiger partial charge in [-0.1, -0.05) is 6.08 Å². The van der Waals surface area contributed by atoms with Crippen LogP contribution in [0.5, 0.6) is 0 Å². The van der Waals surface area contributed by atoms with E-state index in [1.54, 1.807) is 6.92 Å². The number of amidine groups is 1. The summed E-state index contributed by atoms with van der Waals surface area (Å²) in [7, 11) is 2.10. The Labute approximate surface area is 179 Å². The lowest BCUT2D eigenvalue weighted by Gasteiger charge is -2.34. The Kier molecular flexibility index (Phi) is 7.05. The van der Waals surface area contributed by atoms with Gasteiger partial charge in [0.1, 0.15) is 5.84 Å². The molecule has 0 radical (unpaired) electrons. The molecule has 1 aromatic carbocycles. The Morgan fingerprint density at radius 2 is 1.90 bits per heavy atom. The van der Waals surface area contributed by atoms with Gasteiger partial charge >= 0.3 is 0 Å². The third-order valence-corrected chi connectivity index (χ3v) is 5.77. The van der Waals surface area contributed by atoms with Gasteiger partial charge in [0.2, 0.25) is 0 Å². The van der Waals surface area contributed by atoms with Crippen molar-refractivity contribution in [2.45, 2.75) is 32.6 Å². The van der Waals surface area contributed by atoms with Gasteiger partial charge in [-0.05, 0) is 63.4 Å². The van der Waals surface area contributed by atoms with E-state index in [4.69, 9.17) is 27.3 Å². The summed E-state index contributed by atoms with van der Waals surface area (Å²) in [5.41, 5.74) is 17.4. The first-order chi connectivity index (χ1) is 14.4. The van der Waals surface area contributed by atoms with Crippen LogP contribution < -0.4 is 11.5 Å². The molecule has 1 heterocycles. The van der Waals surface area contributed by atoms with E-state index in [9.17, 15) is 0 Å². The Balaban J connectivity index is 1.98. The summed E-state index contributed by atoms with van der Waals surface area (Å²) in [4.78, 5) is 9.22. The summed E-state index contributed by atoms with van der Waals surface area (Å²) in [5, 5.41) is 16.6. The molecule has 30 heavy (non-hydrogen) atoms. The normalized spacial score (nSPS) is 19.2. The number of piperazine rings is 1. The van der Waals surface area contributed by atoms with Gasteiger partial charge in [-0.3, -0.25) is 5.41 Å². The van der Waals surface area contributed by atoms with E-state index >= 15 is 0 Å². The lowest BCUT2D eigenvalue weighted by atomic mass is 9.91. The second-order valence-electron chi connectivity index (χ2n) is 8.09. The molecule has 0 bridgehead atoms. The quantitative estimate of drug-likeness (QED) is 0.340. The zero-order valence-electron chi connectivity index (χ0n) is 18.0. The van der Waals surface area contributed by atoms with Crippen LogP contribution in [0.4, 0.5) is 11.4 Å². The molecule has 1 aliphatic heterocycles. The molecule has 2 aliphatic rings. The van der Waals surface area contributed by atoms with Gasteiger partial charge in [-0.15, -0.1) is 0 Å². The number of anilines is 1. The van der Waals surface area contributed by atoms with E-state index in [2.05, 4.69) is 22.9 Å². The van der Waals surface area contributed by atoms with Crippen LogP contribution in [-0.2, 0) is 0 Å². The van der Waals surface area contributed by atoms with E-state index in [-0.39, 0.29) is 0 Å². The van der Waals surface area contributed by atoms with Crippen LogP contribution >= 0.6 is 0 Å². The highest BCUT2D eigenvalue weighted by atomic mass is 15.3. The molecule has 0 unspecified atom stereocenters. The number of nitrogens with one attached hydrogen (secondary N) is 2. The fraction of sp³-hybridized carbons (Fsp3) is 0.435. The maximum absolute atomic E-state index is 8.70. The van der Waals surface area contributed by atoms with Gasteiger partial charge in [0.05, 0.1) is 11.4 Å². The number of allylic oxidation sites excluding steroid dienone is 4. The summed E-state index contributed by atoms with van der Waals surface area (Å²) in [5.74, 6) is 0.439. The average Bonchev–Trinajstić information content (AvgIpc) is 2.75. The van der Waals surface area contributed by atoms with Gasteiger partial charge in [-0.2, -0.15) is 0 Å². The minimum atomic E-state index is 0.439. The lowest BCUT2D eigenvalue weighted by molar-refractivity contribution is 0.215. The van der Waals surface area contributed by atoms with Crippen molar-refractivity contribution in [1.82, 2.24) is 9.80 Å². The van der Waals surface area contributed by atoms with Crippen molar-refractivity contribution in [3.8, 4) is 0 Å². The van der Waals surface area contributed by atoms with Crippen LogP contribution in [0.25, 0.3) is 0 Å². The van der Waals surface area contributed by atoms with Gasteiger partial charge in [0, 0.05) is 54.9 Å². The zero-order chi connectivity index (χ0) is 21.7. The van der Waals surface area contributed by atoms with E-state index in [0.29, 0.717) is 28.4 Å². The molecule has 1 saturated heterocycles. The summed E-state index contributed by atoms with van der Waals surface area (Å²) in [6, 6.07) is 5.56. The highest BCUT2D eigenvalue weighted by molar-refractivity contribution is 6.24. The van der Waals surface area contributed by atoms with Crippen molar-refractivity contribution in [1.29, 1.82) is 10.8 Å². The average molecular weight is 408 g/mol. The second-order valence-corrected chi connectivity index (χ2v) is 8.09. The molecule has 0 spiro atoms. The second kappa shape index (κ2) is 9.71. The molecule has 0 aromatic heterocycles. The maximum atomic E-state index is 8.70. The summed E-state index contributed by atoms with van der Waals surface area (Å²) >= 11 is 0. The van der Waals surface area contributed by atoms with E-state index in [1.165, 1.54) is 12.6 Å². The van der Waals surface area contributed by atoms with Crippen LogP contribution in [0, 0.1) is 10.8 Å². The third kappa shape index (κ3) is 4.97. The molecule has 3 rings (SSSR count). The number of rotatable bonds is 5. The minimum absolute atomic E-state index is 0.439. The van der Waals surface area contributed by atoms with Crippen LogP contribution in [0.15, 0.2) is 46.1 Å². The Morgan fingerprint density at radius 3 is 2.50 bits per heavy atom. The number of benzene rings is 1. The summed E-state index contributed by atoms with van der Waals surface area (Å²) < 4.78 is 0. The summed E-state index contributed by atoms with van der Waals surface area (Å²) in [6.07, 6.45) is 7.73. The number of nitrogens with zero attached hydrogens (tertiary/aromatic N) is 3. The molecular weight excluding hydrogens is 374 g/mol. The van der Waals surface area contributed by atoms with E-state index in [0.717, 1.165) is 62.4 Å². The molecule has 0 amide bonds. The molecular formula is C23H33N7. The fourth-order valence-electron chi connectivity index (χ4n) is 3.88. The monoisotopic (exact) mass is 407 g/mol. The molecule has 1 aromatic rings. The van der Waals surface area contributed by atoms with E-state index < -0.39 is 0 Å². The number of nitrogen functional groups attached to an aromatic ring is 1. The van der Waals surface area contributed by atoms with Crippen molar-refractivity contribution in [2.75, 3.05) is 39.0 Å². The van der Waals surface area contributed by atoms with Crippen LogP contribution in [0.1, 0.15) is 38.2 Å². The van der Waals surface area contributed by atoms with Gasteiger partial charge in [0.15, 0.2) is 0 Å². The highest BCUT2D eigenvalue weighted by Crippen LogP contribution is 2.27. The van der Waals surface area contributed by atoms with Crippen molar-refractivity contribution >= 4 is 29.1 Å². The molecule has 1 fully saturated rings. The molecule has 1 aliphatic carbocycles. The topological polar surface area (TPSA) is 119 Å². The third-order valence-electron chi connectivity index (χ3n) is 5.77. The number of hydrogen-bond acceptors (Lipinski definition) is 6. The highest BCUT2D eigenvalue weighted by Gasteiger charge is 2.20. The predicted octanol–water partition coefficient (Wildman–Crippen LogP) is 3.30. The predicted molar refractivity (Wildman–Crippen MR) is 126 cm³/mol. The molecule has 7 heteroatoms. The van der Waals surface area contributed by atoms with Gasteiger partial charge < -0.3 is 26.7 Å². The number of hydrogen-bond donors (Lipinski definition) is 4. The Hall–Kier alpha value is -2.93. The van der Waals surface area contributed by atoms with Crippen molar-refractivity contribution in [2.24, 2.45) is 10.7 Å². The van der Waals surface area contributed by atoms with Crippen LogP contribution in [0.3, 0.4) is 0 Å². The van der Waals surface area contributed by atoms with Crippen LogP contribution in [-0.4, -0.2) is 60.8 Å². The Morgan fingerprint density at radius 1 is 1.17 bits per heavy atom. The standard InChI is InChI=1S/C23H33N7/c1-16(25)20(15-24)22(17-6-4-3-5-7-17)28-18-8-9-21(26)19(14-18)23(27)30-12-10-29(2)11-13-30/h6,8-9,14-15,24,27H,3-5,7,10-13,25-26H2,1-2H3/b20-16+,24-15?,27-23?,28-22?. The zero-order valence-corrected chi connectivity index (χ0v) is 18.0. The molecule has 6 N–H and O–H groups in total. The summed E-state index contributed by atoms with van der Waals surface area (Å²) in [6.45, 7) is 5.29. The van der Waals surface area contributed by atoms with Crippen molar-refractivity contribution in [3.63, 3.8) is 0 Å². The molecule has 0 saturated carbocycles. The minimum Gasteiger partial charge on any atom is -0.402 e. The fourth-order valence-corrected chi connectivity index (χ4v) is 3.88. The van der Waals surface area contributed by atoms with Gasteiger partial charge in [-0.25, -0.2) is 4.99 Å². The van der Waals surface area contributed by atoms with E-state index in [1.807, 2.05) is 18.2 Å². The lowest BCUT2D eigenvalue weighted by Crippen LogP contribution is -2.47. The Bertz CT molecular complexity index is 898. The van der Waals surface area contributed by atoms with Gasteiger partial charge in [0.25, 0.3) is 0 Å². The first kappa shape index (κ1) is 21.8.